The van der Waals surface area contributed by atoms with Crippen LogP contribution >= 0.6 is 0 Å². The second-order valence-electron chi connectivity index (χ2n) is 5.51. The zero-order chi connectivity index (χ0) is 13.1. The van der Waals surface area contributed by atoms with Crippen molar-refractivity contribution in [3.8, 4) is 0 Å². The molecule has 2 aromatic heterocycles. The van der Waals surface area contributed by atoms with Crippen LogP contribution < -0.4 is 0 Å². The fourth-order valence-electron chi connectivity index (χ4n) is 2.93. The fourth-order valence-corrected chi connectivity index (χ4v) is 2.93. The third-order valence-corrected chi connectivity index (χ3v) is 4.09. The lowest BCUT2D eigenvalue weighted by molar-refractivity contribution is -0.139. The molecule has 0 saturated heterocycles. The van der Waals surface area contributed by atoms with Gasteiger partial charge in [0.15, 0.2) is 0 Å². The minimum absolute atomic E-state index is 0.0209. The summed E-state index contributed by atoms with van der Waals surface area (Å²) in [4.78, 5) is 19.8. The Morgan fingerprint density at radius 3 is 2.78 bits per heavy atom. The van der Waals surface area contributed by atoms with E-state index in [0.29, 0.717) is 0 Å². The lowest BCUT2D eigenvalue weighted by Gasteiger charge is -2.03. The molecular formula is C13H15N3O2. The van der Waals surface area contributed by atoms with Gasteiger partial charge in [0.05, 0.1) is 17.6 Å². The maximum atomic E-state index is 11.2. The molecule has 1 fully saturated rings. The molecule has 2 heterocycles. The van der Waals surface area contributed by atoms with Gasteiger partial charge in [-0.2, -0.15) is 0 Å². The highest BCUT2D eigenvalue weighted by atomic mass is 16.4. The Morgan fingerprint density at radius 2 is 2.22 bits per heavy atom. The molecule has 2 unspecified atom stereocenters. The second-order valence-corrected chi connectivity index (χ2v) is 5.51. The monoisotopic (exact) mass is 245 g/mol. The lowest BCUT2D eigenvalue weighted by atomic mass is 10.1. The van der Waals surface area contributed by atoms with Gasteiger partial charge in [0, 0.05) is 19.2 Å². The highest BCUT2D eigenvalue weighted by Gasteiger charge is 2.64. The van der Waals surface area contributed by atoms with Crippen molar-refractivity contribution < 1.29 is 9.90 Å². The first-order chi connectivity index (χ1) is 8.44. The first-order valence-corrected chi connectivity index (χ1v) is 5.93. The van der Waals surface area contributed by atoms with Gasteiger partial charge < -0.3 is 9.67 Å². The van der Waals surface area contributed by atoms with Gasteiger partial charge in [-0.1, -0.05) is 13.8 Å². The second kappa shape index (κ2) is 3.31. The summed E-state index contributed by atoms with van der Waals surface area (Å²) in [5.74, 6) is -0.265. The molecule has 1 saturated carbocycles. The summed E-state index contributed by atoms with van der Waals surface area (Å²) in [6.07, 6.45) is 3.44. The average Bonchev–Trinajstić information content (AvgIpc) is 2.73. The standard InChI is InChI=1S/C13H15N3O2/c1-13(2)9(10(13)12(17)18)11-15-7-6-14-5-4-8(7)16(11)3/h4-6,9-10H,1-3H3,(H,17,18). The van der Waals surface area contributed by atoms with Crippen LogP contribution in [-0.4, -0.2) is 25.6 Å². The molecule has 18 heavy (non-hydrogen) atoms. The molecule has 1 N–H and O–H groups in total. The number of carboxylic acids is 1. The SMILES string of the molecule is Cn1c(C2C(C(=O)O)C2(C)C)nc2cnccc21. The third-order valence-electron chi connectivity index (χ3n) is 4.09. The Balaban J connectivity index is 2.12. The van der Waals surface area contributed by atoms with Crippen molar-refractivity contribution in [1.82, 2.24) is 14.5 Å². The van der Waals surface area contributed by atoms with Crippen molar-refractivity contribution >= 4 is 17.0 Å². The minimum Gasteiger partial charge on any atom is -0.481 e. The molecular weight excluding hydrogens is 230 g/mol. The van der Waals surface area contributed by atoms with E-state index < -0.39 is 5.97 Å². The average molecular weight is 245 g/mol. The number of aliphatic carboxylic acids is 1. The summed E-state index contributed by atoms with van der Waals surface area (Å²) in [6.45, 7) is 3.96. The molecule has 2 aromatic rings. The van der Waals surface area contributed by atoms with Gasteiger partial charge >= 0.3 is 5.97 Å². The maximum Gasteiger partial charge on any atom is 0.307 e. The van der Waals surface area contributed by atoms with Gasteiger partial charge in [0.2, 0.25) is 0 Å². The number of hydrogen-bond acceptors (Lipinski definition) is 3. The van der Waals surface area contributed by atoms with Crippen molar-refractivity contribution in [2.75, 3.05) is 0 Å². The highest BCUT2D eigenvalue weighted by Crippen LogP contribution is 2.64. The van der Waals surface area contributed by atoms with Gasteiger partial charge in [-0.25, -0.2) is 4.98 Å². The van der Waals surface area contributed by atoms with Crippen molar-refractivity contribution in [2.24, 2.45) is 18.4 Å². The van der Waals surface area contributed by atoms with E-state index in [0.717, 1.165) is 16.9 Å². The van der Waals surface area contributed by atoms with Gasteiger partial charge in [-0.15, -0.1) is 0 Å². The Kier molecular flexibility index (Phi) is 2.06. The van der Waals surface area contributed by atoms with Crippen LogP contribution in [-0.2, 0) is 11.8 Å². The van der Waals surface area contributed by atoms with Gasteiger partial charge in [0.25, 0.3) is 0 Å². The molecule has 0 aromatic carbocycles. The van der Waals surface area contributed by atoms with E-state index in [2.05, 4.69) is 9.97 Å². The predicted octanol–water partition coefficient (Wildman–Crippen LogP) is 1.79. The summed E-state index contributed by atoms with van der Waals surface area (Å²) in [5, 5.41) is 9.24. The molecule has 0 aliphatic heterocycles. The predicted molar refractivity (Wildman–Crippen MR) is 66.2 cm³/mol. The van der Waals surface area contributed by atoms with Crippen molar-refractivity contribution in [3.05, 3.63) is 24.3 Å². The molecule has 0 bridgehead atoms. The number of aromatic nitrogens is 3. The van der Waals surface area contributed by atoms with E-state index in [-0.39, 0.29) is 17.3 Å². The number of fused-ring (bicyclic) bond motifs is 1. The van der Waals surface area contributed by atoms with Crippen LogP contribution in [0.25, 0.3) is 11.0 Å². The smallest absolute Gasteiger partial charge is 0.307 e. The van der Waals surface area contributed by atoms with Crippen LogP contribution in [0.2, 0.25) is 0 Å². The summed E-state index contributed by atoms with van der Waals surface area (Å²) < 4.78 is 1.98. The normalized spacial score (nSPS) is 25.3. The van der Waals surface area contributed by atoms with Crippen LogP contribution in [0.3, 0.4) is 0 Å². The molecule has 0 radical (unpaired) electrons. The van der Waals surface area contributed by atoms with E-state index in [1.807, 2.05) is 31.5 Å². The molecule has 0 spiro atoms. The van der Waals surface area contributed by atoms with Crippen LogP contribution in [0.15, 0.2) is 18.5 Å². The van der Waals surface area contributed by atoms with E-state index >= 15 is 0 Å². The molecule has 5 heteroatoms. The molecule has 1 aliphatic carbocycles. The number of nitrogens with zero attached hydrogens (tertiary/aromatic N) is 3. The Morgan fingerprint density at radius 1 is 1.50 bits per heavy atom. The zero-order valence-electron chi connectivity index (χ0n) is 10.6. The van der Waals surface area contributed by atoms with Crippen LogP contribution in [0.1, 0.15) is 25.6 Å². The van der Waals surface area contributed by atoms with E-state index in [1.54, 1.807) is 12.4 Å². The minimum atomic E-state index is -0.741. The van der Waals surface area contributed by atoms with E-state index in [1.165, 1.54) is 0 Å². The molecule has 0 amide bonds. The van der Waals surface area contributed by atoms with Crippen molar-refractivity contribution in [3.63, 3.8) is 0 Å². The Labute approximate surface area is 104 Å². The van der Waals surface area contributed by atoms with Crippen molar-refractivity contribution in [1.29, 1.82) is 0 Å². The van der Waals surface area contributed by atoms with Crippen LogP contribution in [0, 0.1) is 11.3 Å². The summed E-state index contributed by atoms with van der Waals surface area (Å²) in [6, 6.07) is 1.90. The van der Waals surface area contributed by atoms with E-state index in [4.69, 9.17) is 0 Å². The third kappa shape index (κ3) is 1.30. The summed E-state index contributed by atoms with van der Waals surface area (Å²) in [5.41, 5.74) is 1.59. The summed E-state index contributed by atoms with van der Waals surface area (Å²) in [7, 11) is 1.93. The summed E-state index contributed by atoms with van der Waals surface area (Å²) >= 11 is 0. The molecule has 3 rings (SSSR count). The quantitative estimate of drug-likeness (QED) is 0.875. The Hall–Kier alpha value is -1.91. The zero-order valence-corrected chi connectivity index (χ0v) is 10.6. The number of hydrogen-bond donors (Lipinski definition) is 1. The molecule has 94 valence electrons. The molecule has 5 nitrogen and oxygen atoms in total. The fraction of sp³-hybridized carbons (Fsp3) is 0.462. The number of carboxylic acid groups (broad SMARTS) is 1. The van der Waals surface area contributed by atoms with Gasteiger partial charge in [-0.05, 0) is 11.5 Å². The highest BCUT2D eigenvalue weighted by molar-refractivity contribution is 5.79. The lowest BCUT2D eigenvalue weighted by Crippen LogP contribution is -2.03. The topological polar surface area (TPSA) is 68.0 Å². The number of imidazole rings is 1. The number of pyridine rings is 1. The molecule has 2 atom stereocenters. The van der Waals surface area contributed by atoms with Crippen LogP contribution in [0.5, 0.6) is 0 Å². The van der Waals surface area contributed by atoms with Crippen molar-refractivity contribution in [2.45, 2.75) is 19.8 Å². The first kappa shape index (κ1) is 11.2. The van der Waals surface area contributed by atoms with Crippen LogP contribution in [0.4, 0.5) is 0 Å². The van der Waals surface area contributed by atoms with Gasteiger partial charge in [-0.3, -0.25) is 9.78 Å². The number of rotatable bonds is 2. The molecule has 1 aliphatic rings. The maximum absolute atomic E-state index is 11.2. The largest absolute Gasteiger partial charge is 0.481 e. The van der Waals surface area contributed by atoms with E-state index in [9.17, 15) is 9.90 Å². The first-order valence-electron chi connectivity index (χ1n) is 5.93. The van der Waals surface area contributed by atoms with Gasteiger partial charge in [0.1, 0.15) is 11.3 Å². The number of aryl methyl sites for hydroxylation is 1. The Bertz CT molecular complexity index is 645. The number of carbonyl (C=O) groups is 1.